The number of rotatable bonds is 3. The predicted octanol–water partition coefficient (Wildman–Crippen LogP) is 5.66. The first-order valence-electron chi connectivity index (χ1n) is 8.71. The predicted molar refractivity (Wildman–Crippen MR) is 111 cm³/mol. The topological polar surface area (TPSA) is 68.0 Å². The summed E-state index contributed by atoms with van der Waals surface area (Å²) >= 11 is 5.18. The van der Waals surface area contributed by atoms with Crippen molar-refractivity contribution in [3.05, 3.63) is 90.6 Å². The highest BCUT2D eigenvalue weighted by Crippen LogP contribution is 2.48. The van der Waals surface area contributed by atoms with E-state index in [4.69, 9.17) is 9.84 Å². The van der Waals surface area contributed by atoms with E-state index in [1.165, 1.54) is 12.1 Å². The number of hydrogen-bond acceptors (Lipinski definition) is 6. The molecule has 0 amide bonds. The van der Waals surface area contributed by atoms with Crippen LogP contribution in [-0.4, -0.2) is 15.6 Å². The largest absolute Gasteiger partial charge is 0.464 e. The van der Waals surface area contributed by atoms with Crippen LogP contribution < -0.4 is 4.74 Å². The van der Waals surface area contributed by atoms with Crippen LogP contribution in [0.5, 0.6) is 5.75 Å². The Balaban J connectivity index is 1.57. The summed E-state index contributed by atoms with van der Waals surface area (Å²) in [6.45, 7) is 0. The Hall–Kier alpha value is -2.71. The molecule has 2 aromatic carbocycles. The van der Waals surface area contributed by atoms with E-state index in [1.807, 2.05) is 29.3 Å². The summed E-state index contributed by atoms with van der Waals surface area (Å²) < 4.78 is 7.33. The van der Waals surface area contributed by atoms with Gasteiger partial charge in [-0.15, -0.1) is 11.3 Å². The molecule has 6 nitrogen and oxygen atoms in total. The number of non-ortho nitro benzene ring substituents is 1. The standard InChI is InChI=1S/C20H14BrN3O3S/c21-19-10-9-18(28-19)15-11-16-14-3-1-2-4-17(14)27-20(23(16)22-15)12-5-7-13(8-6-12)24(25)26/h1-10,16,20H,11H2/t16-,20-/m0/s1. The summed E-state index contributed by atoms with van der Waals surface area (Å²) in [4.78, 5) is 11.7. The van der Waals surface area contributed by atoms with Crippen LogP contribution in [-0.2, 0) is 0 Å². The summed E-state index contributed by atoms with van der Waals surface area (Å²) in [5.74, 6) is 0.830. The van der Waals surface area contributed by atoms with E-state index >= 15 is 0 Å². The molecule has 2 aliphatic heterocycles. The quantitative estimate of drug-likeness (QED) is 0.377. The van der Waals surface area contributed by atoms with E-state index in [0.717, 1.165) is 37.7 Å². The molecule has 1 aromatic heterocycles. The average Bonchev–Trinajstić information content (AvgIpc) is 3.34. The lowest BCUT2D eigenvalue weighted by molar-refractivity contribution is -0.384. The van der Waals surface area contributed by atoms with Crippen LogP contribution in [0.15, 0.2) is 69.6 Å². The molecule has 0 aliphatic carbocycles. The zero-order valence-corrected chi connectivity index (χ0v) is 16.9. The van der Waals surface area contributed by atoms with Gasteiger partial charge in [0.1, 0.15) is 5.75 Å². The molecule has 3 heterocycles. The molecule has 0 unspecified atom stereocenters. The molecule has 2 atom stereocenters. The van der Waals surface area contributed by atoms with Crippen LogP contribution in [0.1, 0.15) is 34.7 Å². The van der Waals surface area contributed by atoms with Gasteiger partial charge in [-0.05, 0) is 46.3 Å². The number of nitro groups is 1. The van der Waals surface area contributed by atoms with E-state index in [2.05, 4.69) is 28.1 Å². The molecule has 0 spiro atoms. The maximum Gasteiger partial charge on any atom is 0.269 e. The van der Waals surface area contributed by atoms with Crippen molar-refractivity contribution in [2.24, 2.45) is 5.10 Å². The molecule has 2 aliphatic rings. The van der Waals surface area contributed by atoms with Crippen molar-refractivity contribution in [3.8, 4) is 5.75 Å². The number of halogens is 1. The monoisotopic (exact) mass is 455 g/mol. The summed E-state index contributed by atoms with van der Waals surface area (Å²) in [5.41, 5.74) is 3.02. The highest BCUT2D eigenvalue weighted by atomic mass is 79.9. The molecule has 0 saturated carbocycles. The van der Waals surface area contributed by atoms with Crippen molar-refractivity contribution in [2.45, 2.75) is 18.7 Å². The molecule has 3 aromatic rings. The Kier molecular flexibility index (Phi) is 4.17. The number of fused-ring (bicyclic) bond motifs is 3. The maximum absolute atomic E-state index is 11.0. The van der Waals surface area contributed by atoms with Gasteiger partial charge >= 0.3 is 0 Å². The third-order valence-corrected chi connectivity index (χ3v) is 6.62. The minimum Gasteiger partial charge on any atom is -0.464 e. The minimum atomic E-state index is -0.429. The SMILES string of the molecule is O=[N+]([O-])c1ccc([C@@H]2Oc3ccccc3[C@@H]3CC(c4ccc(Br)s4)=NN32)cc1. The Bertz CT molecular complexity index is 1100. The van der Waals surface area contributed by atoms with Crippen molar-refractivity contribution < 1.29 is 9.66 Å². The first kappa shape index (κ1) is 17.4. The van der Waals surface area contributed by atoms with Gasteiger partial charge in [0.25, 0.3) is 5.69 Å². The second kappa shape index (κ2) is 6.72. The normalized spacial score (nSPS) is 20.2. The van der Waals surface area contributed by atoms with Crippen LogP contribution in [0, 0.1) is 10.1 Å². The zero-order valence-electron chi connectivity index (χ0n) is 14.5. The number of hydrazone groups is 1. The van der Waals surface area contributed by atoms with Gasteiger partial charge in [-0.2, -0.15) is 5.10 Å². The van der Waals surface area contributed by atoms with E-state index < -0.39 is 11.2 Å². The van der Waals surface area contributed by atoms with Crippen LogP contribution in [0.4, 0.5) is 5.69 Å². The molecule has 8 heteroatoms. The lowest BCUT2D eigenvalue weighted by Gasteiger charge is -2.38. The summed E-state index contributed by atoms with van der Waals surface area (Å²) in [6.07, 6.45) is 0.359. The first-order chi connectivity index (χ1) is 13.6. The third kappa shape index (κ3) is 2.89. The zero-order chi connectivity index (χ0) is 19.3. The summed E-state index contributed by atoms with van der Waals surface area (Å²) in [6, 6.07) is 18.6. The molecule has 140 valence electrons. The van der Waals surface area contributed by atoms with E-state index in [9.17, 15) is 10.1 Å². The lowest BCUT2D eigenvalue weighted by atomic mass is 9.98. The van der Waals surface area contributed by atoms with Crippen molar-refractivity contribution >= 4 is 38.7 Å². The average molecular weight is 456 g/mol. The Morgan fingerprint density at radius 3 is 2.64 bits per heavy atom. The Morgan fingerprint density at radius 2 is 1.93 bits per heavy atom. The molecular weight excluding hydrogens is 442 g/mol. The Morgan fingerprint density at radius 1 is 1.14 bits per heavy atom. The fourth-order valence-electron chi connectivity index (χ4n) is 3.63. The molecule has 0 bridgehead atoms. The molecule has 28 heavy (non-hydrogen) atoms. The van der Waals surface area contributed by atoms with Gasteiger partial charge in [0.2, 0.25) is 6.23 Å². The molecule has 0 fully saturated rings. The first-order valence-corrected chi connectivity index (χ1v) is 10.3. The van der Waals surface area contributed by atoms with Crippen molar-refractivity contribution in [1.29, 1.82) is 0 Å². The second-order valence-electron chi connectivity index (χ2n) is 6.61. The molecule has 0 N–H and O–H groups in total. The fourth-order valence-corrected chi connectivity index (χ4v) is 5.01. The fraction of sp³-hybridized carbons (Fsp3) is 0.150. The number of nitrogens with zero attached hydrogens (tertiary/aromatic N) is 3. The van der Waals surface area contributed by atoms with Gasteiger partial charge in [-0.25, -0.2) is 5.01 Å². The van der Waals surface area contributed by atoms with Crippen LogP contribution >= 0.6 is 27.3 Å². The second-order valence-corrected chi connectivity index (χ2v) is 9.07. The third-order valence-electron chi connectivity index (χ3n) is 4.95. The molecule has 0 saturated heterocycles. The molecule has 5 rings (SSSR count). The number of nitro benzene ring substituents is 1. The van der Waals surface area contributed by atoms with Crippen molar-refractivity contribution in [3.63, 3.8) is 0 Å². The van der Waals surface area contributed by atoms with Crippen molar-refractivity contribution in [2.75, 3.05) is 0 Å². The number of hydrogen-bond donors (Lipinski definition) is 0. The highest BCUT2D eigenvalue weighted by Gasteiger charge is 2.41. The maximum atomic E-state index is 11.0. The van der Waals surface area contributed by atoms with Crippen LogP contribution in [0.25, 0.3) is 0 Å². The summed E-state index contributed by atoms with van der Waals surface area (Å²) in [7, 11) is 0. The number of benzene rings is 2. The van der Waals surface area contributed by atoms with Gasteiger partial charge in [0, 0.05) is 29.7 Å². The number of para-hydroxylation sites is 1. The summed E-state index contributed by atoms with van der Waals surface area (Å²) in [5, 5.41) is 17.8. The van der Waals surface area contributed by atoms with Gasteiger partial charge < -0.3 is 4.74 Å². The Labute approximate surface area is 173 Å². The van der Waals surface area contributed by atoms with E-state index in [-0.39, 0.29) is 11.7 Å². The molecular formula is C20H14BrN3O3S. The van der Waals surface area contributed by atoms with E-state index in [1.54, 1.807) is 23.5 Å². The minimum absolute atomic E-state index is 0.0607. The van der Waals surface area contributed by atoms with Crippen molar-refractivity contribution in [1.82, 2.24) is 5.01 Å². The van der Waals surface area contributed by atoms with Gasteiger partial charge in [-0.3, -0.25) is 10.1 Å². The lowest BCUT2D eigenvalue weighted by Crippen LogP contribution is -2.33. The van der Waals surface area contributed by atoms with Gasteiger partial charge in [0.05, 0.1) is 25.3 Å². The highest BCUT2D eigenvalue weighted by molar-refractivity contribution is 9.11. The van der Waals surface area contributed by atoms with Crippen LogP contribution in [0.2, 0.25) is 0 Å². The van der Waals surface area contributed by atoms with Crippen LogP contribution in [0.3, 0.4) is 0 Å². The van der Waals surface area contributed by atoms with Gasteiger partial charge in [0.15, 0.2) is 0 Å². The van der Waals surface area contributed by atoms with E-state index in [0.29, 0.717) is 0 Å². The number of ether oxygens (including phenoxy) is 1. The number of thiophene rings is 1. The molecule has 0 radical (unpaired) electrons. The van der Waals surface area contributed by atoms with Gasteiger partial charge in [-0.1, -0.05) is 18.2 Å². The smallest absolute Gasteiger partial charge is 0.269 e.